The Morgan fingerprint density at radius 2 is 1.96 bits per heavy atom. The van der Waals surface area contributed by atoms with Crippen LogP contribution >= 0.6 is 0 Å². The molecule has 0 amide bonds. The van der Waals surface area contributed by atoms with Gasteiger partial charge in [-0.05, 0) is 61.7 Å². The lowest BCUT2D eigenvalue weighted by molar-refractivity contribution is 0.244. The van der Waals surface area contributed by atoms with Crippen LogP contribution in [0.2, 0.25) is 0 Å². The van der Waals surface area contributed by atoms with Gasteiger partial charge in [0, 0.05) is 31.3 Å². The summed E-state index contributed by atoms with van der Waals surface area (Å²) in [5, 5.41) is 3.20. The highest BCUT2D eigenvalue weighted by atomic mass is 15.2. The summed E-state index contributed by atoms with van der Waals surface area (Å²) in [5.41, 5.74) is 3.47. The molecule has 4 rings (SSSR count). The first-order valence-electron chi connectivity index (χ1n) is 8.93. The van der Waals surface area contributed by atoms with Crippen molar-refractivity contribution in [1.29, 1.82) is 0 Å². The monoisotopic (exact) mass is 346 g/mol. The fourth-order valence-electron chi connectivity index (χ4n) is 3.35. The molecule has 1 N–H and O–H groups in total. The summed E-state index contributed by atoms with van der Waals surface area (Å²) in [5.74, 6) is 1.35. The number of rotatable bonds is 5. The van der Waals surface area contributed by atoms with Gasteiger partial charge in [0.05, 0.1) is 11.7 Å². The number of pyridine rings is 2. The van der Waals surface area contributed by atoms with Gasteiger partial charge < -0.3 is 5.32 Å². The van der Waals surface area contributed by atoms with Gasteiger partial charge in [0.15, 0.2) is 0 Å². The molecule has 6 nitrogen and oxygen atoms in total. The molecular weight excluding hydrogens is 324 g/mol. The Morgan fingerprint density at radius 3 is 2.77 bits per heavy atom. The maximum Gasteiger partial charge on any atom is 0.228 e. The highest BCUT2D eigenvalue weighted by molar-refractivity contribution is 5.47. The van der Waals surface area contributed by atoms with Crippen molar-refractivity contribution in [3.05, 3.63) is 71.9 Å². The van der Waals surface area contributed by atoms with Crippen molar-refractivity contribution >= 4 is 11.8 Å². The molecule has 132 valence electrons. The maximum atomic E-state index is 4.75. The van der Waals surface area contributed by atoms with Crippen molar-refractivity contribution in [2.24, 2.45) is 0 Å². The Labute approximate surface area is 153 Å². The van der Waals surface area contributed by atoms with Crippen molar-refractivity contribution in [2.75, 3.05) is 11.9 Å². The van der Waals surface area contributed by atoms with Crippen LogP contribution in [-0.4, -0.2) is 31.4 Å². The third-order valence-corrected chi connectivity index (χ3v) is 4.67. The topological polar surface area (TPSA) is 66.8 Å². The number of aromatic nitrogens is 4. The van der Waals surface area contributed by atoms with Crippen LogP contribution in [0.5, 0.6) is 0 Å². The van der Waals surface area contributed by atoms with E-state index in [1.165, 1.54) is 12.0 Å². The second-order valence-electron chi connectivity index (χ2n) is 6.63. The van der Waals surface area contributed by atoms with Crippen LogP contribution in [0, 0.1) is 6.92 Å². The minimum Gasteiger partial charge on any atom is -0.309 e. The van der Waals surface area contributed by atoms with Crippen molar-refractivity contribution in [3.63, 3.8) is 0 Å². The normalized spacial score (nSPS) is 17.3. The first-order valence-corrected chi connectivity index (χ1v) is 8.93. The lowest BCUT2D eigenvalue weighted by Gasteiger charge is -2.24. The molecule has 0 aromatic carbocycles. The van der Waals surface area contributed by atoms with Gasteiger partial charge in [-0.2, -0.15) is 0 Å². The van der Waals surface area contributed by atoms with Gasteiger partial charge in [-0.25, -0.2) is 15.0 Å². The molecule has 26 heavy (non-hydrogen) atoms. The number of aryl methyl sites for hydroxylation is 1. The van der Waals surface area contributed by atoms with Gasteiger partial charge >= 0.3 is 0 Å². The third kappa shape index (κ3) is 3.86. The maximum absolute atomic E-state index is 4.75. The van der Waals surface area contributed by atoms with E-state index in [4.69, 9.17) is 4.98 Å². The molecule has 1 aliphatic rings. The third-order valence-electron chi connectivity index (χ3n) is 4.67. The summed E-state index contributed by atoms with van der Waals surface area (Å²) in [6.45, 7) is 4.02. The van der Waals surface area contributed by atoms with Crippen LogP contribution in [0.1, 0.15) is 35.7 Å². The molecule has 1 aliphatic heterocycles. The summed E-state index contributed by atoms with van der Waals surface area (Å²) in [6.07, 6.45) is 9.65. The van der Waals surface area contributed by atoms with Crippen molar-refractivity contribution in [3.8, 4) is 0 Å². The molecule has 3 aromatic rings. The van der Waals surface area contributed by atoms with E-state index in [1.54, 1.807) is 0 Å². The lowest BCUT2D eigenvalue weighted by Crippen LogP contribution is -2.23. The molecule has 1 saturated heterocycles. The molecule has 0 aliphatic carbocycles. The summed E-state index contributed by atoms with van der Waals surface area (Å²) in [7, 11) is 0. The second-order valence-corrected chi connectivity index (χ2v) is 6.63. The summed E-state index contributed by atoms with van der Waals surface area (Å²) >= 11 is 0. The Balaban J connectivity index is 1.50. The van der Waals surface area contributed by atoms with E-state index in [1.807, 2.05) is 49.9 Å². The molecule has 0 saturated carbocycles. The zero-order chi connectivity index (χ0) is 17.8. The van der Waals surface area contributed by atoms with Gasteiger partial charge in [-0.15, -0.1) is 0 Å². The molecule has 0 bridgehead atoms. The number of likely N-dealkylation sites (tertiary alicyclic amines) is 1. The average molecular weight is 346 g/mol. The minimum atomic E-state index is 0.317. The highest BCUT2D eigenvalue weighted by Crippen LogP contribution is 2.32. The van der Waals surface area contributed by atoms with E-state index in [2.05, 4.69) is 37.3 Å². The summed E-state index contributed by atoms with van der Waals surface area (Å²) < 4.78 is 0. The summed E-state index contributed by atoms with van der Waals surface area (Å²) in [4.78, 5) is 20.0. The molecule has 0 spiro atoms. The number of hydrogen-bond acceptors (Lipinski definition) is 6. The molecule has 1 atom stereocenters. The molecule has 0 unspecified atom stereocenters. The van der Waals surface area contributed by atoms with E-state index in [0.717, 1.165) is 36.6 Å². The van der Waals surface area contributed by atoms with Crippen LogP contribution < -0.4 is 5.32 Å². The second kappa shape index (κ2) is 7.58. The standard InChI is InChI=1S/C20H22N6/c1-15-4-5-19(23-13-15)25-20-22-11-8-17(24-20)18-3-2-12-26(18)14-16-6-9-21-10-7-16/h4-11,13,18H,2-3,12,14H2,1H3,(H,22,23,24,25)/t18-/m1/s1. The van der Waals surface area contributed by atoms with E-state index in [-0.39, 0.29) is 0 Å². The van der Waals surface area contributed by atoms with Gasteiger partial charge in [-0.3, -0.25) is 9.88 Å². The van der Waals surface area contributed by atoms with Gasteiger partial charge in [0.25, 0.3) is 0 Å². The van der Waals surface area contributed by atoms with Crippen LogP contribution in [-0.2, 0) is 6.54 Å². The van der Waals surface area contributed by atoms with Crippen molar-refractivity contribution in [1.82, 2.24) is 24.8 Å². The zero-order valence-corrected chi connectivity index (χ0v) is 14.8. The predicted octanol–water partition coefficient (Wildman–Crippen LogP) is 3.66. The predicted molar refractivity (Wildman–Crippen MR) is 101 cm³/mol. The number of hydrogen-bond donors (Lipinski definition) is 1. The fourth-order valence-corrected chi connectivity index (χ4v) is 3.35. The van der Waals surface area contributed by atoms with Crippen molar-refractivity contribution < 1.29 is 0 Å². The Morgan fingerprint density at radius 1 is 1.08 bits per heavy atom. The van der Waals surface area contributed by atoms with Crippen molar-refractivity contribution in [2.45, 2.75) is 32.4 Å². The number of nitrogens with zero attached hydrogens (tertiary/aromatic N) is 5. The Hall–Kier alpha value is -2.86. The smallest absolute Gasteiger partial charge is 0.228 e. The number of anilines is 2. The van der Waals surface area contributed by atoms with Crippen LogP contribution in [0.3, 0.4) is 0 Å². The van der Waals surface area contributed by atoms with Gasteiger partial charge in [0.1, 0.15) is 5.82 Å². The Kier molecular flexibility index (Phi) is 4.84. The Bertz CT molecular complexity index is 850. The zero-order valence-electron chi connectivity index (χ0n) is 14.8. The summed E-state index contributed by atoms with van der Waals surface area (Å²) in [6, 6.07) is 10.4. The molecule has 1 fully saturated rings. The van der Waals surface area contributed by atoms with Crippen LogP contribution in [0.4, 0.5) is 11.8 Å². The van der Waals surface area contributed by atoms with E-state index in [9.17, 15) is 0 Å². The molecule has 4 heterocycles. The minimum absolute atomic E-state index is 0.317. The van der Waals surface area contributed by atoms with Crippen LogP contribution in [0.25, 0.3) is 0 Å². The first kappa shape index (κ1) is 16.6. The molecular formula is C20H22N6. The lowest BCUT2D eigenvalue weighted by atomic mass is 10.1. The first-order chi connectivity index (χ1) is 12.8. The average Bonchev–Trinajstić information content (AvgIpc) is 3.13. The quantitative estimate of drug-likeness (QED) is 0.760. The van der Waals surface area contributed by atoms with Gasteiger partial charge in [0.2, 0.25) is 5.95 Å². The van der Waals surface area contributed by atoms with E-state index >= 15 is 0 Å². The molecule has 0 radical (unpaired) electrons. The van der Waals surface area contributed by atoms with Gasteiger partial charge in [-0.1, -0.05) is 6.07 Å². The molecule has 3 aromatic heterocycles. The largest absolute Gasteiger partial charge is 0.309 e. The molecule has 6 heteroatoms. The fraction of sp³-hybridized carbons (Fsp3) is 0.300. The van der Waals surface area contributed by atoms with Crippen LogP contribution in [0.15, 0.2) is 55.1 Å². The van der Waals surface area contributed by atoms with E-state index in [0.29, 0.717) is 12.0 Å². The van der Waals surface area contributed by atoms with E-state index < -0.39 is 0 Å². The SMILES string of the molecule is Cc1ccc(Nc2nccc([C@H]3CCCN3Cc3ccncc3)n2)nc1. The number of nitrogens with one attached hydrogen (secondary N) is 1. The highest BCUT2D eigenvalue weighted by Gasteiger charge is 2.27.